The van der Waals surface area contributed by atoms with E-state index in [-0.39, 0.29) is 5.91 Å². The maximum absolute atomic E-state index is 12.0. The van der Waals surface area contributed by atoms with E-state index in [0.717, 1.165) is 32.4 Å². The third-order valence-corrected chi connectivity index (χ3v) is 3.50. The zero-order valence-corrected chi connectivity index (χ0v) is 10.7. The topological polar surface area (TPSA) is 20.3 Å². The Hall–Kier alpha value is -1.02. The highest BCUT2D eigenvalue weighted by Crippen LogP contribution is 2.19. The molecule has 0 aliphatic carbocycles. The molecular formula is C14H18ClNO. The molecule has 1 aromatic rings. The number of hydrogen-bond donors (Lipinski definition) is 0. The third kappa shape index (κ3) is 3.22. The number of carbonyl (C=O) groups is 1. The van der Waals surface area contributed by atoms with Gasteiger partial charge in [-0.2, -0.15) is 0 Å². The van der Waals surface area contributed by atoms with Crippen molar-refractivity contribution in [3.05, 3.63) is 35.4 Å². The molecule has 0 aromatic heterocycles. The van der Waals surface area contributed by atoms with Crippen molar-refractivity contribution in [3.8, 4) is 0 Å². The van der Waals surface area contributed by atoms with E-state index in [9.17, 15) is 4.79 Å². The lowest BCUT2D eigenvalue weighted by atomic mass is 10.0. The number of aryl methyl sites for hydroxylation is 1. The molecule has 17 heavy (non-hydrogen) atoms. The second kappa shape index (κ2) is 6.06. The molecule has 0 saturated carbocycles. The molecule has 1 amide bonds. The normalized spacial score (nSPS) is 15.2. The summed E-state index contributed by atoms with van der Waals surface area (Å²) in [6, 6.07) is 8.42. The highest BCUT2D eigenvalue weighted by atomic mass is 35.5. The fourth-order valence-corrected chi connectivity index (χ4v) is 2.42. The molecule has 1 aliphatic rings. The minimum Gasteiger partial charge on any atom is -0.338 e. The van der Waals surface area contributed by atoms with Gasteiger partial charge in [-0.25, -0.2) is 0 Å². The number of amides is 1. The number of nitrogens with zero attached hydrogens (tertiary/aromatic N) is 1. The van der Waals surface area contributed by atoms with Crippen LogP contribution in [0.25, 0.3) is 0 Å². The van der Waals surface area contributed by atoms with Gasteiger partial charge in [-0.05, 0) is 30.4 Å². The quantitative estimate of drug-likeness (QED) is 0.757. The van der Waals surface area contributed by atoms with E-state index in [4.69, 9.17) is 11.6 Å². The van der Waals surface area contributed by atoms with Crippen LogP contribution in [0.4, 0.5) is 0 Å². The lowest BCUT2D eigenvalue weighted by molar-refractivity contribution is -0.131. The lowest BCUT2D eigenvalue weighted by Crippen LogP contribution is -2.30. The summed E-state index contributed by atoms with van der Waals surface area (Å²) in [6.07, 6.45) is 3.49. The van der Waals surface area contributed by atoms with Crippen LogP contribution in [0.15, 0.2) is 24.3 Å². The Labute approximate surface area is 108 Å². The predicted octanol–water partition coefficient (Wildman–Crippen LogP) is 2.98. The SMILES string of the molecule is O=C(CCCCl)N1CCCc2ccccc2C1. The van der Waals surface area contributed by atoms with Gasteiger partial charge >= 0.3 is 0 Å². The summed E-state index contributed by atoms with van der Waals surface area (Å²) in [5.74, 6) is 0.804. The standard InChI is InChI=1S/C14H18ClNO/c15-9-3-8-14(17)16-10-4-7-12-5-1-2-6-13(12)11-16/h1-2,5-6H,3-4,7-11H2. The van der Waals surface area contributed by atoms with Gasteiger partial charge in [-0.1, -0.05) is 24.3 Å². The number of benzene rings is 1. The summed E-state index contributed by atoms with van der Waals surface area (Å²) in [6.45, 7) is 1.63. The molecule has 2 rings (SSSR count). The number of rotatable bonds is 3. The van der Waals surface area contributed by atoms with Gasteiger partial charge in [0.1, 0.15) is 0 Å². The maximum Gasteiger partial charge on any atom is 0.222 e. The molecule has 1 heterocycles. The van der Waals surface area contributed by atoms with Crippen LogP contribution in [-0.4, -0.2) is 23.2 Å². The molecule has 0 radical (unpaired) electrons. The van der Waals surface area contributed by atoms with Crippen LogP contribution >= 0.6 is 11.6 Å². The van der Waals surface area contributed by atoms with Gasteiger partial charge in [0, 0.05) is 25.4 Å². The van der Waals surface area contributed by atoms with Crippen LogP contribution in [-0.2, 0) is 17.8 Å². The molecule has 0 fully saturated rings. The van der Waals surface area contributed by atoms with Crippen molar-refractivity contribution in [2.75, 3.05) is 12.4 Å². The molecule has 0 spiro atoms. The second-order valence-electron chi connectivity index (χ2n) is 4.48. The fraction of sp³-hybridized carbons (Fsp3) is 0.500. The number of carbonyl (C=O) groups excluding carboxylic acids is 1. The monoisotopic (exact) mass is 251 g/mol. The highest BCUT2D eigenvalue weighted by molar-refractivity contribution is 6.17. The van der Waals surface area contributed by atoms with Gasteiger partial charge in [0.05, 0.1) is 0 Å². The van der Waals surface area contributed by atoms with Crippen molar-refractivity contribution in [1.82, 2.24) is 4.90 Å². The average molecular weight is 252 g/mol. The van der Waals surface area contributed by atoms with E-state index in [1.807, 2.05) is 11.0 Å². The highest BCUT2D eigenvalue weighted by Gasteiger charge is 2.17. The Bertz CT molecular complexity index is 392. The molecule has 0 atom stereocenters. The molecule has 0 unspecified atom stereocenters. The van der Waals surface area contributed by atoms with Crippen molar-refractivity contribution in [2.24, 2.45) is 0 Å². The van der Waals surface area contributed by atoms with Crippen LogP contribution in [0, 0.1) is 0 Å². The van der Waals surface area contributed by atoms with Crippen molar-refractivity contribution in [1.29, 1.82) is 0 Å². The van der Waals surface area contributed by atoms with E-state index >= 15 is 0 Å². The van der Waals surface area contributed by atoms with Gasteiger partial charge in [-0.3, -0.25) is 4.79 Å². The Morgan fingerprint density at radius 1 is 1.29 bits per heavy atom. The Morgan fingerprint density at radius 2 is 2.06 bits per heavy atom. The Kier molecular flexibility index (Phi) is 4.43. The average Bonchev–Trinajstić information content (AvgIpc) is 2.58. The Morgan fingerprint density at radius 3 is 2.82 bits per heavy atom. The first-order valence-electron chi connectivity index (χ1n) is 6.22. The van der Waals surface area contributed by atoms with Crippen LogP contribution < -0.4 is 0 Å². The zero-order valence-electron chi connectivity index (χ0n) is 9.99. The van der Waals surface area contributed by atoms with Crippen molar-refractivity contribution >= 4 is 17.5 Å². The predicted molar refractivity (Wildman–Crippen MR) is 70.1 cm³/mol. The molecule has 0 N–H and O–H groups in total. The summed E-state index contributed by atoms with van der Waals surface area (Å²) < 4.78 is 0. The number of hydrogen-bond acceptors (Lipinski definition) is 1. The van der Waals surface area contributed by atoms with Gasteiger partial charge in [0.15, 0.2) is 0 Å². The van der Waals surface area contributed by atoms with E-state index in [1.54, 1.807) is 0 Å². The largest absolute Gasteiger partial charge is 0.338 e. The molecule has 2 nitrogen and oxygen atoms in total. The summed E-state index contributed by atoms with van der Waals surface area (Å²) in [7, 11) is 0. The molecule has 3 heteroatoms. The molecule has 92 valence electrons. The first-order chi connectivity index (χ1) is 8.31. The maximum atomic E-state index is 12.0. The lowest BCUT2D eigenvalue weighted by Gasteiger charge is -2.20. The molecular weight excluding hydrogens is 234 g/mol. The van der Waals surface area contributed by atoms with Gasteiger partial charge < -0.3 is 4.90 Å². The summed E-state index contributed by atoms with van der Waals surface area (Å²) in [4.78, 5) is 14.0. The summed E-state index contributed by atoms with van der Waals surface area (Å²) in [5.41, 5.74) is 2.68. The summed E-state index contributed by atoms with van der Waals surface area (Å²) in [5, 5.41) is 0. The number of halogens is 1. The van der Waals surface area contributed by atoms with E-state index < -0.39 is 0 Å². The van der Waals surface area contributed by atoms with E-state index in [0.29, 0.717) is 12.3 Å². The zero-order chi connectivity index (χ0) is 12.1. The molecule has 1 aromatic carbocycles. The van der Waals surface area contributed by atoms with Crippen LogP contribution in [0.2, 0.25) is 0 Å². The number of fused-ring (bicyclic) bond motifs is 1. The fourth-order valence-electron chi connectivity index (χ4n) is 2.29. The third-order valence-electron chi connectivity index (χ3n) is 3.23. The smallest absolute Gasteiger partial charge is 0.222 e. The van der Waals surface area contributed by atoms with Crippen LogP contribution in [0.5, 0.6) is 0 Å². The first kappa shape index (κ1) is 12.4. The van der Waals surface area contributed by atoms with Crippen molar-refractivity contribution < 1.29 is 4.79 Å². The molecule has 0 bridgehead atoms. The Balaban J connectivity index is 2.05. The van der Waals surface area contributed by atoms with Gasteiger partial charge in [0.2, 0.25) is 5.91 Å². The minimum absolute atomic E-state index is 0.238. The van der Waals surface area contributed by atoms with Crippen molar-refractivity contribution in [2.45, 2.75) is 32.2 Å². The summed E-state index contributed by atoms with van der Waals surface area (Å²) >= 11 is 5.63. The minimum atomic E-state index is 0.238. The van der Waals surface area contributed by atoms with Crippen molar-refractivity contribution in [3.63, 3.8) is 0 Å². The first-order valence-corrected chi connectivity index (χ1v) is 6.75. The second-order valence-corrected chi connectivity index (χ2v) is 4.86. The van der Waals surface area contributed by atoms with E-state index in [2.05, 4.69) is 18.2 Å². The van der Waals surface area contributed by atoms with E-state index in [1.165, 1.54) is 11.1 Å². The molecule has 1 aliphatic heterocycles. The van der Waals surface area contributed by atoms with Crippen LogP contribution in [0.1, 0.15) is 30.4 Å². The van der Waals surface area contributed by atoms with Crippen LogP contribution in [0.3, 0.4) is 0 Å². The van der Waals surface area contributed by atoms with Gasteiger partial charge in [0.25, 0.3) is 0 Å². The van der Waals surface area contributed by atoms with Gasteiger partial charge in [-0.15, -0.1) is 11.6 Å². The number of alkyl halides is 1. The molecule has 0 saturated heterocycles.